The summed E-state index contributed by atoms with van der Waals surface area (Å²) in [5.74, 6) is -0.526. The van der Waals surface area contributed by atoms with Gasteiger partial charge in [-0.05, 0) is 11.8 Å². The fraction of sp³-hybridized carbons (Fsp3) is 1.00. The zero-order chi connectivity index (χ0) is 12.8. The third-order valence-electron chi connectivity index (χ3n) is 3.97. The van der Waals surface area contributed by atoms with Crippen molar-refractivity contribution in [2.45, 2.75) is 37.4 Å². The highest BCUT2D eigenvalue weighted by Gasteiger charge is 2.67. The standard InChI is InChI=1S/C8H11N3O6/c12-9(13)7-1-5-3-8(10(14)15,11(16)17)4-6(5)2-7/h5-7H,1-4H2/t5-,6+,7?. The lowest BCUT2D eigenvalue weighted by molar-refractivity contribution is -0.796. The molecule has 0 aromatic carbocycles. The van der Waals surface area contributed by atoms with E-state index in [0.717, 1.165) is 0 Å². The van der Waals surface area contributed by atoms with Crippen LogP contribution in [0.3, 0.4) is 0 Å². The summed E-state index contributed by atoms with van der Waals surface area (Å²) in [6.07, 6.45) is 0.0895. The Hall–Kier alpha value is -1.80. The van der Waals surface area contributed by atoms with Crippen molar-refractivity contribution in [3.05, 3.63) is 30.3 Å². The maximum absolute atomic E-state index is 10.8. The molecule has 2 aliphatic carbocycles. The smallest absolute Gasteiger partial charge is 0.264 e. The van der Waals surface area contributed by atoms with E-state index in [2.05, 4.69) is 0 Å². The lowest BCUT2D eigenvalue weighted by Crippen LogP contribution is -2.44. The van der Waals surface area contributed by atoms with Crippen LogP contribution in [0.2, 0.25) is 0 Å². The Kier molecular flexibility index (Phi) is 2.48. The van der Waals surface area contributed by atoms with E-state index in [1.54, 1.807) is 0 Å². The number of fused-ring (bicyclic) bond motifs is 1. The van der Waals surface area contributed by atoms with Crippen molar-refractivity contribution in [1.82, 2.24) is 0 Å². The summed E-state index contributed by atoms with van der Waals surface area (Å²) >= 11 is 0. The van der Waals surface area contributed by atoms with Gasteiger partial charge in [0.1, 0.15) is 0 Å². The summed E-state index contributed by atoms with van der Waals surface area (Å²) in [5, 5.41) is 32.3. The highest BCUT2D eigenvalue weighted by molar-refractivity contribution is 4.95. The Morgan fingerprint density at radius 2 is 1.29 bits per heavy atom. The summed E-state index contributed by atoms with van der Waals surface area (Å²) in [5.41, 5.74) is -2.11. The Morgan fingerprint density at radius 1 is 0.882 bits per heavy atom. The number of hydrogen-bond acceptors (Lipinski definition) is 6. The largest absolute Gasteiger partial charge is 0.459 e. The van der Waals surface area contributed by atoms with Crippen molar-refractivity contribution >= 4 is 0 Å². The normalized spacial score (nSPS) is 34.2. The number of hydrogen-bond donors (Lipinski definition) is 0. The minimum absolute atomic E-state index is 0.179. The molecule has 0 spiro atoms. The van der Waals surface area contributed by atoms with E-state index in [1.165, 1.54) is 0 Å². The van der Waals surface area contributed by atoms with E-state index in [1.807, 2.05) is 0 Å². The average molecular weight is 245 g/mol. The highest BCUT2D eigenvalue weighted by atomic mass is 16.7. The van der Waals surface area contributed by atoms with E-state index in [4.69, 9.17) is 0 Å². The van der Waals surface area contributed by atoms with Gasteiger partial charge in [-0.15, -0.1) is 0 Å². The van der Waals surface area contributed by atoms with Crippen molar-refractivity contribution in [2.24, 2.45) is 11.8 Å². The number of rotatable bonds is 3. The lowest BCUT2D eigenvalue weighted by atomic mass is 10.0. The van der Waals surface area contributed by atoms with Gasteiger partial charge in [0, 0.05) is 17.8 Å². The molecular formula is C8H11N3O6. The molecule has 2 aliphatic rings. The van der Waals surface area contributed by atoms with Gasteiger partial charge >= 0.3 is 5.66 Å². The molecule has 0 amide bonds. The van der Waals surface area contributed by atoms with Crippen molar-refractivity contribution in [1.29, 1.82) is 0 Å². The van der Waals surface area contributed by atoms with E-state index in [9.17, 15) is 30.3 Å². The zero-order valence-corrected chi connectivity index (χ0v) is 8.85. The molecule has 2 rings (SSSR count). The van der Waals surface area contributed by atoms with Gasteiger partial charge in [0.2, 0.25) is 6.04 Å². The van der Waals surface area contributed by atoms with E-state index >= 15 is 0 Å². The number of nitro groups is 3. The molecule has 9 heteroatoms. The third kappa shape index (κ3) is 1.61. The van der Waals surface area contributed by atoms with Crippen molar-refractivity contribution < 1.29 is 14.8 Å². The van der Waals surface area contributed by atoms with Gasteiger partial charge in [0.05, 0.1) is 22.7 Å². The minimum atomic E-state index is -2.11. The highest BCUT2D eigenvalue weighted by Crippen LogP contribution is 2.50. The molecule has 94 valence electrons. The molecule has 0 radical (unpaired) electrons. The lowest BCUT2D eigenvalue weighted by Gasteiger charge is -2.12. The van der Waals surface area contributed by atoms with Crippen LogP contribution in [0, 0.1) is 42.2 Å². The maximum atomic E-state index is 10.8. The molecule has 9 nitrogen and oxygen atoms in total. The monoisotopic (exact) mass is 245 g/mol. The van der Waals surface area contributed by atoms with Crippen LogP contribution in [-0.2, 0) is 0 Å². The van der Waals surface area contributed by atoms with Crippen molar-refractivity contribution in [3.63, 3.8) is 0 Å². The molecule has 0 heterocycles. The maximum Gasteiger partial charge on any atom is 0.459 e. The quantitative estimate of drug-likeness (QED) is 0.408. The van der Waals surface area contributed by atoms with Crippen molar-refractivity contribution in [3.8, 4) is 0 Å². The average Bonchev–Trinajstić information content (AvgIpc) is 2.71. The molecule has 3 atom stereocenters. The van der Waals surface area contributed by atoms with Gasteiger partial charge in [-0.3, -0.25) is 30.3 Å². The van der Waals surface area contributed by atoms with Gasteiger partial charge in [0.15, 0.2) is 0 Å². The Balaban J connectivity index is 2.16. The Bertz CT molecular complexity index is 367. The molecule has 0 bridgehead atoms. The van der Waals surface area contributed by atoms with Crippen LogP contribution in [0.5, 0.6) is 0 Å². The summed E-state index contributed by atoms with van der Waals surface area (Å²) in [6.45, 7) is 0. The first-order valence-electron chi connectivity index (χ1n) is 5.29. The minimum Gasteiger partial charge on any atom is -0.264 e. The van der Waals surface area contributed by atoms with Gasteiger partial charge in [0.25, 0.3) is 0 Å². The molecule has 17 heavy (non-hydrogen) atoms. The molecule has 0 aromatic rings. The molecule has 2 saturated carbocycles. The van der Waals surface area contributed by atoms with Crippen molar-refractivity contribution in [2.75, 3.05) is 0 Å². The van der Waals surface area contributed by atoms with Crippen LogP contribution in [0.15, 0.2) is 0 Å². The summed E-state index contributed by atoms with van der Waals surface area (Å²) in [7, 11) is 0. The Morgan fingerprint density at radius 3 is 1.59 bits per heavy atom. The van der Waals surface area contributed by atoms with E-state index < -0.39 is 26.5 Å². The SMILES string of the molecule is O=[N+]([O-])C1C[C@@H]2CC([N+](=O)[O-])([N+](=O)[O-])C[C@@H]2C1. The predicted octanol–water partition coefficient (Wildman–Crippen LogP) is 0.701. The fourth-order valence-electron chi connectivity index (χ4n) is 3.14. The van der Waals surface area contributed by atoms with Gasteiger partial charge in [-0.25, -0.2) is 0 Å². The van der Waals surface area contributed by atoms with Gasteiger partial charge < -0.3 is 0 Å². The van der Waals surface area contributed by atoms with Gasteiger partial charge in [-0.2, -0.15) is 0 Å². The van der Waals surface area contributed by atoms with Crippen LogP contribution >= 0.6 is 0 Å². The molecule has 0 N–H and O–H groups in total. The van der Waals surface area contributed by atoms with Crippen LogP contribution in [0.25, 0.3) is 0 Å². The second-order valence-corrected chi connectivity index (χ2v) is 4.84. The molecule has 0 saturated heterocycles. The van der Waals surface area contributed by atoms with E-state index in [0.29, 0.717) is 0 Å². The summed E-state index contributed by atoms with van der Waals surface area (Å²) in [4.78, 5) is 30.2. The fourth-order valence-corrected chi connectivity index (χ4v) is 3.14. The topological polar surface area (TPSA) is 129 Å². The molecular weight excluding hydrogens is 234 g/mol. The third-order valence-corrected chi connectivity index (χ3v) is 3.97. The van der Waals surface area contributed by atoms with Crippen LogP contribution in [0.1, 0.15) is 25.7 Å². The molecule has 1 unspecified atom stereocenters. The first-order chi connectivity index (χ1) is 7.86. The molecule has 0 aliphatic heterocycles. The van der Waals surface area contributed by atoms with Gasteiger partial charge in [-0.1, -0.05) is 0 Å². The molecule has 2 fully saturated rings. The molecule has 0 aromatic heterocycles. The Labute approximate surface area is 95.2 Å². The summed E-state index contributed by atoms with van der Waals surface area (Å²) < 4.78 is 0. The summed E-state index contributed by atoms with van der Waals surface area (Å²) in [6, 6.07) is -0.693. The first kappa shape index (κ1) is 11.7. The van der Waals surface area contributed by atoms with E-state index in [-0.39, 0.29) is 37.5 Å². The van der Waals surface area contributed by atoms with Crippen LogP contribution < -0.4 is 0 Å². The zero-order valence-electron chi connectivity index (χ0n) is 8.85. The van der Waals surface area contributed by atoms with Crippen LogP contribution in [0.4, 0.5) is 0 Å². The first-order valence-corrected chi connectivity index (χ1v) is 5.29. The van der Waals surface area contributed by atoms with Crippen LogP contribution in [-0.4, -0.2) is 26.5 Å². The number of nitrogens with zero attached hydrogens (tertiary/aromatic N) is 3. The second kappa shape index (κ2) is 3.60. The second-order valence-electron chi connectivity index (χ2n) is 4.84. The predicted molar refractivity (Wildman–Crippen MR) is 53.0 cm³/mol.